The molecule has 5 N–H and O–H groups in total. The third-order valence-corrected chi connectivity index (χ3v) is 10.8. The molecule has 0 saturated carbocycles. The molecule has 39 heavy (non-hydrogen) atoms. The molecule has 1 aromatic heterocycles. The number of amides is 5. The number of hydrogen-bond donors (Lipinski definition) is 4. The number of nitrogens with one attached hydrogen (secondary N) is 3. The molecule has 1 spiro atoms. The van der Waals surface area contributed by atoms with Crippen molar-refractivity contribution < 1.29 is 24.0 Å². The van der Waals surface area contributed by atoms with E-state index in [-0.39, 0.29) is 22.3 Å². The summed E-state index contributed by atoms with van der Waals surface area (Å²) in [6, 6.07) is 0.462. The third-order valence-electron chi connectivity index (χ3n) is 7.35. The molecule has 13 heteroatoms. The number of nitrogens with zero attached hydrogens (tertiary/aromatic N) is 2. The second-order valence-electron chi connectivity index (χ2n) is 11.3. The van der Waals surface area contributed by atoms with Gasteiger partial charge in [0.1, 0.15) is 18.1 Å². The van der Waals surface area contributed by atoms with E-state index in [1.54, 1.807) is 46.8 Å². The molecular weight excluding hydrogens is 540 g/mol. The second kappa shape index (κ2) is 11.7. The van der Waals surface area contributed by atoms with Gasteiger partial charge in [0.15, 0.2) is 0 Å². The van der Waals surface area contributed by atoms with Crippen LogP contribution >= 0.6 is 23.5 Å². The number of likely N-dealkylation sites (tertiary alicyclic amines) is 1. The number of carbonyl (C=O) groups is 5. The number of primary amides is 1. The van der Waals surface area contributed by atoms with Crippen LogP contribution in [-0.2, 0) is 19.2 Å². The average Bonchev–Trinajstić information content (AvgIpc) is 3.62. The van der Waals surface area contributed by atoms with Crippen LogP contribution in [-0.4, -0.2) is 86.2 Å². The lowest BCUT2D eigenvalue weighted by molar-refractivity contribution is -0.142. The van der Waals surface area contributed by atoms with Crippen molar-refractivity contribution >= 4 is 53.1 Å². The normalized spacial score (nSPS) is 23.8. The van der Waals surface area contributed by atoms with Crippen molar-refractivity contribution in [3.05, 3.63) is 30.1 Å². The Morgan fingerprint density at radius 3 is 2.51 bits per heavy atom. The topological polar surface area (TPSA) is 164 Å². The van der Waals surface area contributed by atoms with Crippen molar-refractivity contribution in [1.29, 1.82) is 0 Å². The third kappa shape index (κ3) is 6.68. The van der Waals surface area contributed by atoms with Crippen LogP contribution in [0.3, 0.4) is 0 Å². The van der Waals surface area contributed by atoms with E-state index in [4.69, 9.17) is 5.73 Å². The molecule has 3 saturated heterocycles. The number of carbonyl (C=O) groups excluding carboxylic acids is 5. The quantitative estimate of drug-likeness (QED) is 0.348. The highest BCUT2D eigenvalue weighted by molar-refractivity contribution is 8.21. The smallest absolute Gasteiger partial charge is 0.253 e. The first-order chi connectivity index (χ1) is 18.4. The predicted molar refractivity (Wildman–Crippen MR) is 150 cm³/mol. The number of pyridine rings is 1. The van der Waals surface area contributed by atoms with E-state index in [1.807, 2.05) is 20.8 Å². The lowest BCUT2D eigenvalue weighted by Gasteiger charge is -2.35. The lowest BCUT2D eigenvalue weighted by Crippen LogP contribution is -2.59. The van der Waals surface area contributed by atoms with Crippen molar-refractivity contribution in [2.45, 2.75) is 62.2 Å². The molecule has 0 unspecified atom stereocenters. The van der Waals surface area contributed by atoms with Crippen LogP contribution in [0.2, 0.25) is 0 Å². The molecule has 11 nitrogen and oxygen atoms in total. The maximum absolute atomic E-state index is 14.1. The highest BCUT2D eigenvalue weighted by Crippen LogP contribution is 2.52. The molecule has 1 aromatic rings. The molecule has 5 amide bonds. The van der Waals surface area contributed by atoms with Gasteiger partial charge in [-0.2, -0.15) is 0 Å². The second-order valence-corrected chi connectivity index (χ2v) is 14.5. The Kier molecular flexibility index (Phi) is 8.79. The van der Waals surface area contributed by atoms with E-state index in [0.717, 1.165) is 11.5 Å². The summed E-state index contributed by atoms with van der Waals surface area (Å²) in [4.78, 5) is 70.6. The molecule has 0 aromatic carbocycles. The first-order valence-corrected chi connectivity index (χ1v) is 15.0. The van der Waals surface area contributed by atoms with Gasteiger partial charge in [-0.05, 0) is 30.4 Å². The van der Waals surface area contributed by atoms with Crippen LogP contribution in [0.4, 0.5) is 0 Å². The summed E-state index contributed by atoms with van der Waals surface area (Å²) in [7, 11) is 0. The minimum absolute atomic E-state index is 0.105. The van der Waals surface area contributed by atoms with Gasteiger partial charge < -0.3 is 26.6 Å². The van der Waals surface area contributed by atoms with E-state index >= 15 is 0 Å². The van der Waals surface area contributed by atoms with E-state index in [0.29, 0.717) is 31.5 Å². The van der Waals surface area contributed by atoms with Crippen molar-refractivity contribution in [3.8, 4) is 0 Å². The Bertz CT molecular complexity index is 1120. The lowest BCUT2D eigenvalue weighted by atomic mass is 9.85. The molecule has 3 aliphatic heterocycles. The molecule has 4 rings (SSSR count). The maximum Gasteiger partial charge on any atom is 0.253 e. The highest BCUT2D eigenvalue weighted by Gasteiger charge is 2.53. The molecule has 0 radical (unpaired) electrons. The molecule has 0 bridgehead atoms. The molecule has 3 fully saturated rings. The molecule has 4 heterocycles. The summed E-state index contributed by atoms with van der Waals surface area (Å²) in [6.45, 7) is 6.42. The van der Waals surface area contributed by atoms with Gasteiger partial charge in [0.25, 0.3) is 5.91 Å². The van der Waals surface area contributed by atoms with Gasteiger partial charge in [-0.1, -0.05) is 20.8 Å². The van der Waals surface area contributed by atoms with Gasteiger partial charge in [-0.25, -0.2) is 0 Å². The molecule has 0 aliphatic carbocycles. The minimum Gasteiger partial charge on any atom is -0.368 e. The minimum atomic E-state index is -1.03. The first kappa shape index (κ1) is 29.2. The zero-order valence-electron chi connectivity index (χ0n) is 22.4. The van der Waals surface area contributed by atoms with Gasteiger partial charge in [0, 0.05) is 49.3 Å². The highest BCUT2D eigenvalue weighted by atomic mass is 32.2. The Labute approximate surface area is 236 Å². The predicted octanol–water partition coefficient (Wildman–Crippen LogP) is 0.500. The van der Waals surface area contributed by atoms with Crippen LogP contribution in [0, 0.1) is 11.3 Å². The summed E-state index contributed by atoms with van der Waals surface area (Å²) in [5, 5.41) is 8.34. The van der Waals surface area contributed by atoms with Gasteiger partial charge >= 0.3 is 0 Å². The number of thioether (sulfide) groups is 2. The Hall–Kier alpha value is -2.80. The largest absolute Gasteiger partial charge is 0.368 e. The summed E-state index contributed by atoms with van der Waals surface area (Å²) < 4.78 is -0.346. The summed E-state index contributed by atoms with van der Waals surface area (Å²) in [5.74, 6) is -0.774. The molecule has 3 aliphatic rings. The summed E-state index contributed by atoms with van der Waals surface area (Å²) in [5.41, 5.74) is 5.27. The maximum atomic E-state index is 14.1. The van der Waals surface area contributed by atoms with Gasteiger partial charge in [-0.3, -0.25) is 29.0 Å². The fourth-order valence-corrected chi connectivity index (χ4v) is 8.46. The number of aromatic nitrogens is 1. The van der Waals surface area contributed by atoms with E-state index in [1.165, 1.54) is 6.20 Å². The molecule has 212 valence electrons. The van der Waals surface area contributed by atoms with Crippen molar-refractivity contribution in [2.24, 2.45) is 17.1 Å². The van der Waals surface area contributed by atoms with Gasteiger partial charge in [0.05, 0.1) is 9.64 Å². The average molecular weight is 577 g/mol. The zero-order chi connectivity index (χ0) is 28.4. The van der Waals surface area contributed by atoms with E-state index in [9.17, 15) is 24.0 Å². The first-order valence-electron chi connectivity index (χ1n) is 13.1. The number of nitrogens with two attached hydrogens (primary N) is 1. The van der Waals surface area contributed by atoms with Gasteiger partial charge in [-0.15, -0.1) is 23.5 Å². The number of hydrogen-bond acceptors (Lipinski definition) is 8. The monoisotopic (exact) mass is 576 g/mol. The summed E-state index contributed by atoms with van der Waals surface area (Å²) in [6.07, 6.45) is 4.07. The molecule has 4 atom stereocenters. The fourth-order valence-electron chi connectivity index (χ4n) is 5.21. The van der Waals surface area contributed by atoms with Crippen molar-refractivity contribution in [1.82, 2.24) is 25.8 Å². The SMILES string of the molecule is CC(C)(C)[C@H](NC(=O)c1cccnc1)C(=O)N1CC2(C[C@H]1C(=O)N[C@@H](C[C@@H]1CCNC1=O)C(N)=O)SCCS2. The van der Waals surface area contributed by atoms with Crippen LogP contribution in [0.1, 0.15) is 50.4 Å². The van der Waals surface area contributed by atoms with Crippen LogP contribution in [0.15, 0.2) is 24.5 Å². The van der Waals surface area contributed by atoms with Crippen LogP contribution < -0.4 is 21.7 Å². The Balaban J connectivity index is 1.56. The standard InChI is InChI=1S/C26H36N6O5S2/c1-25(2,3)19(31-22(35)16-5-4-7-28-13-16)24(37)32-14-26(38-9-10-39-26)12-18(32)23(36)30-17(20(27)33)11-15-6-8-29-21(15)34/h4-5,7,13,15,17-19H,6,8-12,14H2,1-3H3,(H2,27,33)(H,29,34)(H,30,36)(H,31,35)/t15-,17-,18-,19+/m0/s1. The van der Waals surface area contributed by atoms with Crippen molar-refractivity contribution in [3.63, 3.8) is 0 Å². The van der Waals surface area contributed by atoms with Gasteiger partial charge in [0.2, 0.25) is 23.6 Å². The van der Waals surface area contributed by atoms with E-state index in [2.05, 4.69) is 20.9 Å². The fraction of sp³-hybridized carbons (Fsp3) is 0.615. The van der Waals surface area contributed by atoms with E-state index < -0.39 is 47.2 Å². The Morgan fingerprint density at radius 1 is 1.23 bits per heavy atom. The zero-order valence-corrected chi connectivity index (χ0v) is 24.0. The van der Waals surface area contributed by atoms with Crippen LogP contribution in [0.25, 0.3) is 0 Å². The molecular formula is C26H36N6O5S2. The summed E-state index contributed by atoms with van der Waals surface area (Å²) >= 11 is 3.45. The Morgan fingerprint density at radius 2 is 1.95 bits per heavy atom. The number of rotatable bonds is 8. The van der Waals surface area contributed by atoms with Crippen molar-refractivity contribution in [2.75, 3.05) is 24.6 Å². The van der Waals surface area contributed by atoms with Crippen LogP contribution in [0.5, 0.6) is 0 Å².